The fourth-order valence-electron chi connectivity index (χ4n) is 2.98. The molecule has 0 saturated carbocycles. The van der Waals surface area contributed by atoms with E-state index in [-0.39, 0.29) is 10.8 Å². The van der Waals surface area contributed by atoms with Crippen molar-refractivity contribution in [2.75, 3.05) is 32.4 Å². The van der Waals surface area contributed by atoms with Gasteiger partial charge in [-0.25, -0.2) is 8.42 Å². The van der Waals surface area contributed by atoms with Gasteiger partial charge in [0.05, 0.1) is 4.90 Å². The average Bonchev–Trinajstić information content (AvgIpc) is 3.07. The molecule has 0 spiro atoms. The topological polar surface area (TPSA) is 57.7 Å². The van der Waals surface area contributed by atoms with Crippen molar-refractivity contribution in [2.45, 2.75) is 18.4 Å². The predicted octanol–water partition coefficient (Wildman–Crippen LogP) is 2.42. The minimum Gasteiger partial charge on any atom is -0.336 e. The second-order valence-electron chi connectivity index (χ2n) is 6.45. The number of thiophene rings is 1. The van der Waals surface area contributed by atoms with E-state index < -0.39 is 9.84 Å². The highest BCUT2D eigenvalue weighted by atomic mass is 32.2. The lowest BCUT2D eigenvalue weighted by molar-refractivity contribution is 0.0627. The molecule has 1 aliphatic rings. The van der Waals surface area contributed by atoms with Crippen molar-refractivity contribution in [3.8, 4) is 0 Å². The molecule has 5 nitrogen and oxygen atoms in total. The van der Waals surface area contributed by atoms with E-state index in [2.05, 4.69) is 21.7 Å². The third kappa shape index (κ3) is 4.29. The number of rotatable bonds is 4. The molecule has 0 radical (unpaired) electrons. The standard InChI is InChI=1S/C18H22N2O3S2/c1-14-3-4-16(25(2,22)23)11-17(14)18(21)20-8-6-19(7-9-20)12-15-5-10-24-13-15/h3-5,10-11,13H,6-9,12H2,1-2H3. The van der Waals surface area contributed by atoms with Gasteiger partial charge in [-0.3, -0.25) is 9.69 Å². The van der Waals surface area contributed by atoms with Gasteiger partial charge in [-0.2, -0.15) is 11.3 Å². The highest BCUT2D eigenvalue weighted by Gasteiger charge is 2.24. The molecule has 0 N–H and O–H groups in total. The molecule has 2 aromatic rings. The van der Waals surface area contributed by atoms with E-state index in [0.29, 0.717) is 18.7 Å². The summed E-state index contributed by atoms with van der Waals surface area (Å²) in [6.45, 7) is 5.72. The molecule has 3 rings (SSSR count). The van der Waals surface area contributed by atoms with Gasteiger partial charge in [-0.1, -0.05) is 6.07 Å². The van der Waals surface area contributed by atoms with E-state index in [0.717, 1.165) is 31.5 Å². The largest absolute Gasteiger partial charge is 0.336 e. The second-order valence-corrected chi connectivity index (χ2v) is 9.24. The van der Waals surface area contributed by atoms with Gasteiger partial charge in [0.2, 0.25) is 0 Å². The number of sulfone groups is 1. The van der Waals surface area contributed by atoms with Crippen LogP contribution in [0.1, 0.15) is 21.5 Å². The van der Waals surface area contributed by atoms with Crippen LogP contribution in [0.15, 0.2) is 39.9 Å². The van der Waals surface area contributed by atoms with Gasteiger partial charge in [-0.05, 0) is 47.0 Å². The fraction of sp³-hybridized carbons (Fsp3) is 0.389. The molecule has 1 aromatic heterocycles. The predicted molar refractivity (Wildman–Crippen MR) is 99.8 cm³/mol. The number of piperazine rings is 1. The quantitative estimate of drug-likeness (QED) is 0.820. The van der Waals surface area contributed by atoms with Crippen molar-refractivity contribution in [2.24, 2.45) is 0 Å². The Morgan fingerprint density at radius 1 is 1.16 bits per heavy atom. The molecule has 0 aliphatic carbocycles. The van der Waals surface area contributed by atoms with Gasteiger partial charge in [0.1, 0.15) is 0 Å². The number of carbonyl (C=O) groups excluding carboxylic acids is 1. The molecule has 0 atom stereocenters. The zero-order valence-corrected chi connectivity index (χ0v) is 16.1. The number of carbonyl (C=O) groups is 1. The van der Waals surface area contributed by atoms with Crippen LogP contribution < -0.4 is 0 Å². The molecule has 1 aromatic carbocycles. The van der Waals surface area contributed by atoms with Crippen molar-refractivity contribution >= 4 is 27.1 Å². The smallest absolute Gasteiger partial charge is 0.254 e. The maximum absolute atomic E-state index is 12.8. The number of hydrogen-bond donors (Lipinski definition) is 0. The molecule has 25 heavy (non-hydrogen) atoms. The number of aryl methyl sites for hydroxylation is 1. The maximum Gasteiger partial charge on any atom is 0.254 e. The van der Waals surface area contributed by atoms with E-state index in [9.17, 15) is 13.2 Å². The van der Waals surface area contributed by atoms with Gasteiger partial charge < -0.3 is 4.90 Å². The molecule has 1 aliphatic heterocycles. The zero-order chi connectivity index (χ0) is 18.0. The van der Waals surface area contributed by atoms with Crippen LogP contribution in [0.5, 0.6) is 0 Å². The normalized spacial score (nSPS) is 16.2. The molecule has 0 bridgehead atoms. The van der Waals surface area contributed by atoms with Crippen LogP contribution in [0, 0.1) is 6.92 Å². The summed E-state index contributed by atoms with van der Waals surface area (Å²) in [4.78, 5) is 17.2. The summed E-state index contributed by atoms with van der Waals surface area (Å²) in [5.74, 6) is -0.0850. The first-order valence-corrected chi connectivity index (χ1v) is 11.0. The Morgan fingerprint density at radius 3 is 2.48 bits per heavy atom. The van der Waals surface area contributed by atoms with Crippen molar-refractivity contribution in [1.29, 1.82) is 0 Å². The summed E-state index contributed by atoms with van der Waals surface area (Å²) in [5, 5.41) is 4.23. The average molecular weight is 379 g/mol. The Morgan fingerprint density at radius 2 is 1.88 bits per heavy atom. The third-order valence-corrected chi connectivity index (χ3v) is 6.36. The summed E-state index contributed by atoms with van der Waals surface area (Å²) < 4.78 is 23.5. The van der Waals surface area contributed by atoms with Crippen LogP contribution in [0.3, 0.4) is 0 Å². The molecule has 2 heterocycles. The van der Waals surface area contributed by atoms with Gasteiger partial charge >= 0.3 is 0 Å². The van der Waals surface area contributed by atoms with Crippen LogP contribution in [-0.2, 0) is 16.4 Å². The summed E-state index contributed by atoms with van der Waals surface area (Å²) in [7, 11) is -3.32. The van der Waals surface area contributed by atoms with E-state index in [4.69, 9.17) is 0 Å². The molecule has 1 saturated heterocycles. The lowest BCUT2D eigenvalue weighted by atomic mass is 10.1. The Labute approximate surface area is 152 Å². The van der Waals surface area contributed by atoms with Crippen molar-refractivity contribution in [3.63, 3.8) is 0 Å². The van der Waals surface area contributed by atoms with Crippen LogP contribution in [0.4, 0.5) is 0 Å². The van der Waals surface area contributed by atoms with Crippen LogP contribution >= 0.6 is 11.3 Å². The highest BCUT2D eigenvalue weighted by Crippen LogP contribution is 2.19. The number of amides is 1. The summed E-state index contributed by atoms with van der Waals surface area (Å²) in [6, 6.07) is 6.89. The first kappa shape index (κ1) is 18.1. The van der Waals surface area contributed by atoms with Gasteiger partial charge in [0.15, 0.2) is 9.84 Å². The summed E-state index contributed by atoms with van der Waals surface area (Å²) in [6.07, 6.45) is 1.16. The molecule has 7 heteroatoms. The van der Waals surface area contributed by atoms with E-state index >= 15 is 0 Å². The number of nitrogens with zero attached hydrogens (tertiary/aromatic N) is 2. The SMILES string of the molecule is Cc1ccc(S(C)(=O)=O)cc1C(=O)N1CCN(Cc2ccsc2)CC1. The van der Waals surface area contributed by atoms with Crippen LogP contribution in [0.25, 0.3) is 0 Å². The van der Waals surface area contributed by atoms with Crippen LogP contribution in [-0.4, -0.2) is 56.6 Å². The van der Waals surface area contributed by atoms with Crippen molar-refractivity contribution in [1.82, 2.24) is 9.80 Å². The molecule has 1 fully saturated rings. The molecule has 0 unspecified atom stereocenters. The van der Waals surface area contributed by atoms with Gasteiger partial charge in [0, 0.05) is 44.5 Å². The fourth-order valence-corrected chi connectivity index (χ4v) is 4.29. The van der Waals surface area contributed by atoms with Gasteiger partial charge in [-0.15, -0.1) is 0 Å². The van der Waals surface area contributed by atoms with E-state index in [1.807, 2.05) is 11.8 Å². The van der Waals surface area contributed by atoms with E-state index in [1.54, 1.807) is 23.5 Å². The lowest BCUT2D eigenvalue weighted by Gasteiger charge is -2.35. The van der Waals surface area contributed by atoms with Crippen molar-refractivity contribution in [3.05, 3.63) is 51.7 Å². The van der Waals surface area contributed by atoms with Crippen LogP contribution in [0.2, 0.25) is 0 Å². The number of hydrogen-bond acceptors (Lipinski definition) is 5. The summed E-state index contributed by atoms with van der Waals surface area (Å²) >= 11 is 1.70. The Kier molecular flexibility index (Phi) is 5.27. The summed E-state index contributed by atoms with van der Waals surface area (Å²) in [5.41, 5.74) is 2.59. The molecular weight excluding hydrogens is 356 g/mol. The molecular formula is C18H22N2O3S2. The second kappa shape index (κ2) is 7.27. The monoisotopic (exact) mass is 378 g/mol. The van der Waals surface area contributed by atoms with Gasteiger partial charge in [0.25, 0.3) is 5.91 Å². The van der Waals surface area contributed by atoms with E-state index in [1.165, 1.54) is 11.6 Å². The van der Waals surface area contributed by atoms with Crippen molar-refractivity contribution < 1.29 is 13.2 Å². The lowest BCUT2D eigenvalue weighted by Crippen LogP contribution is -2.48. The Balaban J connectivity index is 1.68. The zero-order valence-electron chi connectivity index (χ0n) is 14.4. The Bertz CT molecular complexity index is 852. The first-order chi connectivity index (χ1) is 11.8. The highest BCUT2D eigenvalue weighted by molar-refractivity contribution is 7.90. The first-order valence-electron chi connectivity index (χ1n) is 8.18. The molecule has 134 valence electrons. The number of benzene rings is 1. The third-order valence-electron chi connectivity index (χ3n) is 4.51. The molecule has 1 amide bonds. The Hall–Kier alpha value is -1.70. The minimum absolute atomic E-state index is 0.0850. The maximum atomic E-state index is 12.8. The minimum atomic E-state index is -3.32.